The highest BCUT2D eigenvalue weighted by Crippen LogP contribution is 2.54. The van der Waals surface area contributed by atoms with Crippen molar-refractivity contribution in [1.82, 2.24) is 24.8 Å². The minimum Gasteiger partial charge on any atom is -0.437 e. The number of nitrogens with zero attached hydrogens (tertiary/aromatic N) is 4. The van der Waals surface area contributed by atoms with Crippen molar-refractivity contribution in [2.24, 2.45) is 0 Å². The summed E-state index contributed by atoms with van der Waals surface area (Å²) < 4.78 is 69.1. The van der Waals surface area contributed by atoms with E-state index in [0.29, 0.717) is 19.3 Å². The second kappa shape index (κ2) is 8.95. The van der Waals surface area contributed by atoms with Crippen molar-refractivity contribution in [3.8, 4) is 17.4 Å². The summed E-state index contributed by atoms with van der Waals surface area (Å²) in [5.74, 6) is -1.93. The molecule has 0 unspecified atom stereocenters. The molecule has 1 aliphatic heterocycles. The minimum atomic E-state index is -4.02. The number of carbonyl (C=O) groups is 1. The molecule has 3 heterocycles. The van der Waals surface area contributed by atoms with Gasteiger partial charge in [0.15, 0.2) is 11.6 Å². The molecule has 2 aromatic heterocycles. The number of nitrogens with one attached hydrogen (secondary N) is 2. The molecular formula is C22H20F2N6O5S. The van der Waals surface area contributed by atoms with Crippen molar-refractivity contribution < 1.29 is 31.5 Å². The summed E-state index contributed by atoms with van der Waals surface area (Å²) in [7, 11) is -2.87. The molecule has 11 nitrogen and oxygen atoms in total. The first-order chi connectivity index (χ1) is 17.2. The standard InChI is InChI=1S/C22H20F2N6O5S/c1-25-36(32,33)29-20-19(24)13(5-9-26-20)12-30-21(31)35-16-11-14(34-17-4-2-8-27-28-17)10-15(23)18(16)22(30)6-3-7-22/h2,4-5,8-11,25H,3,6-7,12H2,1H3,(H,26,29). The molecular weight excluding hydrogens is 498 g/mol. The molecule has 2 N–H and O–H groups in total. The number of anilines is 1. The average Bonchev–Trinajstić information content (AvgIpc) is 2.81. The van der Waals surface area contributed by atoms with Crippen LogP contribution in [0.25, 0.3) is 0 Å². The molecule has 1 spiro atoms. The van der Waals surface area contributed by atoms with Gasteiger partial charge in [-0.2, -0.15) is 13.5 Å². The first kappa shape index (κ1) is 23.8. The Balaban J connectivity index is 1.48. The van der Waals surface area contributed by atoms with Crippen LogP contribution >= 0.6 is 0 Å². The highest BCUT2D eigenvalue weighted by molar-refractivity contribution is 7.90. The third kappa shape index (κ3) is 4.18. The van der Waals surface area contributed by atoms with Gasteiger partial charge in [-0.1, -0.05) is 0 Å². The second-order valence-corrected chi connectivity index (χ2v) is 9.84. The van der Waals surface area contributed by atoms with Gasteiger partial charge in [-0.15, -0.1) is 5.10 Å². The number of halogens is 2. The van der Waals surface area contributed by atoms with Gasteiger partial charge < -0.3 is 9.47 Å². The van der Waals surface area contributed by atoms with Gasteiger partial charge in [-0.3, -0.25) is 9.62 Å². The zero-order chi connectivity index (χ0) is 25.5. The Morgan fingerprint density at radius 3 is 2.69 bits per heavy atom. The van der Waals surface area contributed by atoms with Gasteiger partial charge in [0.1, 0.15) is 17.3 Å². The van der Waals surface area contributed by atoms with E-state index in [4.69, 9.17) is 9.47 Å². The Hall–Kier alpha value is -3.91. The summed E-state index contributed by atoms with van der Waals surface area (Å²) in [5.41, 5.74) is -0.904. The van der Waals surface area contributed by atoms with Crippen LogP contribution in [0.1, 0.15) is 30.4 Å². The van der Waals surface area contributed by atoms with Crippen LogP contribution in [0.15, 0.2) is 42.7 Å². The van der Waals surface area contributed by atoms with Crippen LogP contribution in [0, 0.1) is 11.6 Å². The predicted molar refractivity (Wildman–Crippen MR) is 121 cm³/mol. The largest absolute Gasteiger partial charge is 0.437 e. The number of fused-ring (bicyclic) bond motifs is 2. The average molecular weight is 519 g/mol. The number of rotatable bonds is 7. The van der Waals surface area contributed by atoms with Crippen molar-refractivity contribution in [1.29, 1.82) is 0 Å². The summed E-state index contributed by atoms with van der Waals surface area (Å²) in [6, 6.07) is 7.03. The molecule has 0 radical (unpaired) electrons. The lowest BCUT2D eigenvalue weighted by Gasteiger charge is -2.52. The molecule has 36 heavy (non-hydrogen) atoms. The van der Waals surface area contributed by atoms with Gasteiger partial charge in [0.2, 0.25) is 5.88 Å². The van der Waals surface area contributed by atoms with Crippen molar-refractivity contribution in [3.05, 3.63) is 65.5 Å². The second-order valence-electron chi connectivity index (χ2n) is 8.22. The van der Waals surface area contributed by atoms with E-state index in [2.05, 4.69) is 15.2 Å². The Labute approximate surface area is 204 Å². The molecule has 1 aliphatic carbocycles. The Morgan fingerprint density at radius 1 is 1.22 bits per heavy atom. The van der Waals surface area contributed by atoms with Crippen LogP contribution in [0.2, 0.25) is 0 Å². The fourth-order valence-corrected chi connectivity index (χ4v) is 4.84. The maximum atomic E-state index is 15.5. The summed E-state index contributed by atoms with van der Waals surface area (Å²) in [5, 5.41) is 7.49. The molecule has 1 aromatic carbocycles. The van der Waals surface area contributed by atoms with E-state index in [-0.39, 0.29) is 35.1 Å². The Bertz CT molecular complexity index is 1440. The van der Waals surface area contributed by atoms with E-state index in [1.807, 2.05) is 9.44 Å². The number of hydrogen-bond donors (Lipinski definition) is 2. The summed E-state index contributed by atoms with van der Waals surface area (Å²) in [6.07, 6.45) is 3.45. The lowest BCUT2D eigenvalue weighted by atomic mass is 9.69. The van der Waals surface area contributed by atoms with Gasteiger partial charge in [0.25, 0.3) is 10.2 Å². The number of benzene rings is 1. The number of hydrogen-bond acceptors (Lipinski definition) is 8. The van der Waals surface area contributed by atoms with E-state index >= 15 is 8.78 Å². The third-order valence-corrected chi connectivity index (χ3v) is 7.18. The molecule has 14 heteroatoms. The maximum absolute atomic E-state index is 15.5. The van der Waals surface area contributed by atoms with E-state index < -0.39 is 39.3 Å². The quantitative estimate of drug-likeness (QED) is 0.487. The van der Waals surface area contributed by atoms with E-state index in [9.17, 15) is 13.2 Å². The molecule has 2 aliphatic rings. The Morgan fingerprint density at radius 2 is 2.03 bits per heavy atom. The lowest BCUT2D eigenvalue weighted by molar-refractivity contribution is -0.00181. The molecule has 1 fully saturated rings. The van der Waals surface area contributed by atoms with E-state index in [0.717, 1.165) is 7.05 Å². The highest BCUT2D eigenvalue weighted by Gasteiger charge is 2.53. The number of aromatic nitrogens is 3. The lowest BCUT2D eigenvalue weighted by Crippen LogP contribution is -2.57. The molecule has 3 aromatic rings. The van der Waals surface area contributed by atoms with Gasteiger partial charge in [0, 0.05) is 43.2 Å². The fourth-order valence-electron chi connectivity index (χ4n) is 4.34. The van der Waals surface area contributed by atoms with Crippen LogP contribution in [-0.4, -0.2) is 41.6 Å². The van der Waals surface area contributed by atoms with Crippen LogP contribution < -0.4 is 18.9 Å². The maximum Gasteiger partial charge on any atom is 0.416 e. The van der Waals surface area contributed by atoms with Gasteiger partial charge in [-0.25, -0.2) is 23.3 Å². The molecule has 0 atom stereocenters. The number of amides is 1. The number of ether oxygens (including phenoxy) is 2. The zero-order valence-corrected chi connectivity index (χ0v) is 19.7. The van der Waals surface area contributed by atoms with Crippen molar-refractivity contribution in [3.63, 3.8) is 0 Å². The summed E-state index contributed by atoms with van der Waals surface area (Å²) >= 11 is 0. The predicted octanol–water partition coefficient (Wildman–Crippen LogP) is 3.21. The van der Waals surface area contributed by atoms with Crippen molar-refractivity contribution >= 4 is 22.1 Å². The third-order valence-electron chi connectivity index (χ3n) is 6.18. The first-order valence-electron chi connectivity index (χ1n) is 10.9. The number of pyridine rings is 1. The van der Waals surface area contributed by atoms with Crippen LogP contribution in [-0.2, 0) is 22.3 Å². The normalized spacial score (nSPS) is 16.2. The number of carbonyl (C=O) groups excluding carboxylic acids is 1. The van der Waals surface area contributed by atoms with Gasteiger partial charge in [0.05, 0.1) is 17.6 Å². The molecule has 188 valence electrons. The minimum absolute atomic E-state index is 0.00695. The first-order valence-corrected chi connectivity index (χ1v) is 12.3. The monoisotopic (exact) mass is 518 g/mol. The van der Waals surface area contributed by atoms with Crippen LogP contribution in [0.4, 0.5) is 19.4 Å². The van der Waals surface area contributed by atoms with Crippen LogP contribution in [0.3, 0.4) is 0 Å². The summed E-state index contributed by atoms with van der Waals surface area (Å²) in [6.45, 7) is -0.293. The van der Waals surface area contributed by atoms with Crippen molar-refractivity contribution in [2.75, 3.05) is 11.8 Å². The molecule has 1 saturated carbocycles. The van der Waals surface area contributed by atoms with E-state index in [1.165, 1.54) is 35.5 Å². The smallest absolute Gasteiger partial charge is 0.416 e. The molecule has 0 saturated heterocycles. The molecule has 1 amide bonds. The highest BCUT2D eigenvalue weighted by atomic mass is 32.2. The summed E-state index contributed by atoms with van der Waals surface area (Å²) in [4.78, 5) is 18.1. The molecule has 5 rings (SSSR count). The topological polar surface area (TPSA) is 136 Å². The molecule has 0 bridgehead atoms. The van der Waals surface area contributed by atoms with Crippen LogP contribution in [0.5, 0.6) is 17.4 Å². The zero-order valence-electron chi connectivity index (χ0n) is 18.9. The SMILES string of the molecule is CNS(=O)(=O)Nc1nccc(CN2C(=O)Oc3cc(Oc4cccnn4)cc(F)c3C23CCC3)c1F. The van der Waals surface area contributed by atoms with Gasteiger partial charge in [-0.05, 0) is 31.4 Å². The van der Waals surface area contributed by atoms with Gasteiger partial charge >= 0.3 is 6.09 Å². The van der Waals surface area contributed by atoms with Crippen molar-refractivity contribution in [2.45, 2.75) is 31.3 Å². The Kier molecular flexibility index (Phi) is 5.92. The fraction of sp³-hybridized carbons (Fsp3) is 0.273. The van der Waals surface area contributed by atoms with E-state index in [1.54, 1.807) is 12.1 Å².